The fourth-order valence-electron chi connectivity index (χ4n) is 13.8. The zero-order valence-corrected chi connectivity index (χ0v) is 66.1. The first kappa shape index (κ1) is 93.4. The van der Waals surface area contributed by atoms with Crippen molar-refractivity contribution in [2.24, 2.45) is 32.9 Å². The summed E-state index contributed by atoms with van der Waals surface area (Å²) in [5.41, 5.74) is 31.3. The fraction of sp³-hybridized carbons (Fsp3) is 0.582. The molecule has 0 bridgehead atoms. The second kappa shape index (κ2) is 52.3. The van der Waals surface area contributed by atoms with Gasteiger partial charge in [0.15, 0.2) is 30.2 Å². The highest BCUT2D eigenvalue weighted by atomic mass is 35.5. The fourth-order valence-corrected chi connectivity index (χ4v) is 15.6. The van der Waals surface area contributed by atoms with Gasteiger partial charge in [-0.2, -0.15) is 0 Å². The second-order valence-corrected chi connectivity index (χ2v) is 31.8. The number of carbonyl (C=O) groups excluding carboxylic acids is 3. The van der Waals surface area contributed by atoms with Gasteiger partial charge in [-0.3, -0.25) is 21.0 Å². The zero-order valence-electron chi connectivity index (χ0n) is 62.9. The average molecular weight is 1560 g/mol. The van der Waals surface area contributed by atoms with E-state index < -0.39 is 32.1 Å². The lowest BCUT2D eigenvalue weighted by Gasteiger charge is -2.16. The van der Waals surface area contributed by atoms with E-state index >= 15 is 0 Å². The van der Waals surface area contributed by atoms with Crippen LogP contribution in [0.25, 0.3) is 11.1 Å². The summed E-state index contributed by atoms with van der Waals surface area (Å²) >= 11 is 0. The Bertz CT molecular complexity index is 3490. The van der Waals surface area contributed by atoms with Gasteiger partial charge in [-0.15, -0.1) is 0 Å². The van der Waals surface area contributed by atoms with Crippen LogP contribution in [0.5, 0.6) is 0 Å². The summed E-state index contributed by atoms with van der Waals surface area (Å²) in [5, 5.41) is 11.3. The van der Waals surface area contributed by atoms with Crippen LogP contribution in [0.2, 0.25) is 0 Å². The lowest BCUT2D eigenvalue weighted by Crippen LogP contribution is -3.00. The molecule has 24 nitrogen and oxygen atoms in total. The van der Waals surface area contributed by atoms with Crippen LogP contribution in [-0.4, -0.2) is 92.9 Å². The molecule has 0 atom stereocenters. The van der Waals surface area contributed by atoms with Gasteiger partial charge in [0.2, 0.25) is 0 Å². The number of carbonyl (C=O) groups is 3. The summed E-state index contributed by atoms with van der Waals surface area (Å²) in [6.45, 7) is 5.42. The van der Waals surface area contributed by atoms with Crippen LogP contribution in [0.15, 0.2) is 135 Å². The van der Waals surface area contributed by atoms with Crippen molar-refractivity contribution < 1.29 is 65.6 Å². The summed E-state index contributed by atoms with van der Waals surface area (Å²) in [4.78, 5) is 55.2. The highest BCUT2D eigenvalue weighted by molar-refractivity contribution is 7.90. The van der Waals surface area contributed by atoms with Crippen LogP contribution in [0.1, 0.15) is 263 Å². The third-order valence-corrected chi connectivity index (χ3v) is 22.1. The van der Waals surface area contributed by atoms with Gasteiger partial charge in [-0.05, 0) is 144 Å². The highest BCUT2D eigenvalue weighted by Crippen LogP contribution is 2.26. The third-order valence-electron chi connectivity index (χ3n) is 19.4. The number of halogens is 2. The molecule has 107 heavy (non-hydrogen) atoms. The number of hydrogen-bond donors (Lipinski definition) is 12. The van der Waals surface area contributed by atoms with E-state index in [2.05, 4.69) is 110 Å². The van der Waals surface area contributed by atoms with Crippen molar-refractivity contribution in [3.05, 3.63) is 127 Å². The Labute approximate surface area is 652 Å². The maximum Gasteiger partial charge on any atom is 0.384 e. The summed E-state index contributed by atoms with van der Waals surface area (Å²) in [6.07, 6.45) is 49.4. The molecule has 2 heterocycles. The first-order valence-corrected chi connectivity index (χ1v) is 41.4. The largest absolute Gasteiger partial charge is 1.00 e. The van der Waals surface area contributed by atoms with Crippen LogP contribution < -0.4 is 93.8 Å². The lowest BCUT2D eigenvalue weighted by molar-refractivity contribution is -0.724. The Morgan fingerprint density at radius 3 is 1.28 bits per heavy atom. The first-order chi connectivity index (χ1) is 50.1. The number of sulfonamides is 2. The molecular formula is C79H127Cl2N17O7S2. The molecule has 6 saturated carbocycles. The summed E-state index contributed by atoms with van der Waals surface area (Å²) in [6, 6.07) is 29.5. The number of aryl methyl sites for hydroxylation is 2. The quantitative estimate of drug-likeness (QED) is 0.0198. The van der Waals surface area contributed by atoms with Crippen molar-refractivity contribution in [2.75, 3.05) is 11.1 Å². The lowest BCUT2D eigenvalue weighted by atomic mass is 10.1. The molecule has 0 aliphatic heterocycles. The molecule has 0 unspecified atom stereocenters. The van der Waals surface area contributed by atoms with E-state index in [-0.39, 0.29) is 66.1 Å². The third kappa shape index (κ3) is 39.2. The van der Waals surface area contributed by atoms with Crippen molar-refractivity contribution in [3.8, 4) is 11.1 Å². The molecule has 0 saturated heterocycles. The molecule has 28 heteroatoms. The number of nitrogen functional groups attached to an aromatic ring is 1. The van der Waals surface area contributed by atoms with E-state index in [0.29, 0.717) is 53.3 Å². The molecule has 596 valence electrons. The van der Waals surface area contributed by atoms with Gasteiger partial charge < -0.3 is 63.7 Å². The zero-order chi connectivity index (χ0) is 74.8. The molecule has 2 aromatic heterocycles. The predicted octanol–water partition coefficient (Wildman–Crippen LogP) is 6.96. The Hall–Kier alpha value is -7.81. The van der Waals surface area contributed by atoms with E-state index in [1.165, 1.54) is 202 Å². The number of amides is 6. The van der Waals surface area contributed by atoms with Crippen LogP contribution >= 0.6 is 0 Å². The van der Waals surface area contributed by atoms with Gasteiger partial charge in [0.05, 0.1) is 21.9 Å². The maximum atomic E-state index is 12.1. The van der Waals surface area contributed by atoms with Crippen molar-refractivity contribution in [3.63, 3.8) is 0 Å². The van der Waals surface area contributed by atoms with Gasteiger partial charge in [-0.1, -0.05) is 202 Å². The number of nitrogens with zero attached hydrogens (tertiary/aromatic N) is 5. The number of nitrogens with one attached hydrogen (secondary N) is 7. The van der Waals surface area contributed by atoms with E-state index in [9.17, 15) is 31.2 Å². The molecule has 6 amide bonds. The number of anilines is 2. The van der Waals surface area contributed by atoms with Crippen molar-refractivity contribution >= 4 is 67.4 Å². The Kier molecular flexibility index (Phi) is 45.6. The van der Waals surface area contributed by atoms with E-state index in [4.69, 9.17) is 28.7 Å². The highest BCUT2D eigenvalue weighted by Gasteiger charge is 2.25. The minimum absolute atomic E-state index is 0. The number of benzene rings is 3. The molecule has 6 fully saturated rings. The summed E-state index contributed by atoms with van der Waals surface area (Å²) in [7, 11) is -7.65. The smallest absolute Gasteiger partial charge is 0.384 e. The van der Waals surface area contributed by atoms with E-state index in [0.717, 1.165) is 82.6 Å². The number of guanidine groups is 2. The number of hydrogen-bond acceptors (Lipinski definition) is 11. The molecular weight excluding hydrogens is 1430 g/mol. The SMILES string of the molecule is C.CC(N)=NC(N)=[NH+]C1CCCCCC1.Cc1ccc(S(=O)(=O)NC(=O)NC2CCCCCC2)cc1.Cc1nccc(NC(=O)NC2CCCCCC2)n1.NC(N)=NC1CCCCCC1.Nc1ccc(S(=O)(=O)NC(=O)NC2CCCCCC2)cc1.[Cl-].[Cl-].c1ccc(-c2cc[n+](C3CCCCCC3)cc2)cc1. The van der Waals surface area contributed by atoms with Crippen LogP contribution in [0.3, 0.4) is 0 Å². The van der Waals surface area contributed by atoms with Crippen molar-refractivity contribution in [1.82, 2.24) is 35.4 Å². The molecule has 5 aromatic rings. The summed E-state index contributed by atoms with van der Waals surface area (Å²) in [5.74, 6) is 2.41. The number of aliphatic imine (C=N–C) groups is 2. The van der Waals surface area contributed by atoms with Crippen LogP contribution in [0.4, 0.5) is 25.9 Å². The van der Waals surface area contributed by atoms with Crippen LogP contribution in [-0.2, 0) is 20.0 Å². The van der Waals surface area contributed by atoms with Gasteiger partial charge in [0.25, 0.3) is 20.0 Å². The monoisotopic (exact) mass is 1560 g/mol. The van der Waals surface area contributed by atoms with E-state index in [1.807, 2.05) is 11.6 Å². The van der Waals surface area contributed by atoms with Gasteiger partial charge in [0, 0.05) is 61.9 Å². The van der Waals surface area contributed by atoms with Crippen molar-refractivity contribution in [1.29, 1.82) is 0 Å². The first-order valence-electron chi connectivity index (χ1n) is 38.4. The minimum Gasteiger partial charge on any atom is -1.00 e. The Balaban J connectivity index is 0.000000335. The summed E-state index contributed by atoms with van der Waals surface area (Å²) < 4.78 is 54.8. The molecule has 6 aliphatic carbocycles. The van der Waals surface area contributed by atoms with Gasteiger partial charge in [0.1, 0.15) is 11.6 Å². The van der Waals surface area contributed by atoms with Gasteiger partial charge >= 0.3 is 24.1 Å². The predicted molar refractivity (Wildman–Crippen MR) is 425 cm³/mol. The minimum atomic E-state index is -3.85. The average Bonchev–Trinajstić information content (AvgIpc) is 1.53. The second-order valence-electron chi connectivity index (χ2n) is 28.4. The molecule has 3 aromatic carbocycles. The number of urea groups is 3. The Morgan fingerprint density at radius 1 is 0.486 bits per heavy atom. The van der Waals surface area contributed by atoms with Crippen molar-refractivity contribution in [2.45, 2.75) is 305 Å². The number of nitrogens with two attached hydrogens (primary N) is 5. The Morgan fingerprint density at radius 2 is 0.869 bits per heavy atom. The number of rotatable bonds is 12. The number of pyridine rings is 1. The van der Waals surface area contributed by atoms with Crippen LogP contribution in [0, 0.1) is 13.8 Å². The molecule has 0 spiro atoms. The van der Waals surface area contributed by atoms with Gasteiger partial charge in [-0.25, -0.2) is 55.2 Å². The topological polar surface area (TPSA) is 390 Å². The number of amidine groups is 1. The standard InChI is InChI=1S/C18H22N.C15H22N2O3S.C14H21N3O3S.C13H20N4O.C10H20N4.C8H17N3.CH4.2ClH/c1-2-7-11-18(10-6-1)19-14-12-17(13-15-19)16-8-4-3-5-9-16;1-12-8-10-14(11-9-12)21(19,20)17-15(18)16-13-6-4-2-3-5-7-13;15-11-7-9-13(10-8-11)21(19,20)17-14(18)16-12-5-3-1-2-4-6-12;1-10-14-9-8-12(15-10)17-13(18)16-11-6-4-2-3-5-7-11;1-8(11)13-10(12)14-9-6-4-2-3-5-7-9;9-8(10)11-7-5-3-1-2-4-6-7;;;/h3-5,8-9,12-15,18H,1-2,6-7,10-11H2;8-11,13H,2-7H2,1H3,(H2,16,17,18);7-10,12H,1-6,15H2,(H2,16,17,18);8-9,11H,2-7H2,1H3,(H2,14,15,16,17,18);9H,2-7H2,1H3,(H4,11,12,13,14);7H,1-6H2,(H4,9,10,11);1H4;2*1H/q+1;;;;;;;;/p-1. The number of aromatic nitrogens is 3. The molecule has 11 rings (SSSR count). The maximum absolute atomic E-state index is 12.1. The molecule has 17 N–H and O–H groups in total. The van der Waals surface area contributed by atoms with E-state index in [1.54, 1.807) is 38.2 Å². The molecule has 6 aliphatic rings. The molecule has 0 radical (unpaired) electrons. The normalized spacial score (nSPS) is 17.6.